The number of cyclic esters (lactones) is 1. The number of fused-ring (bicyclic) bond motifs is 1. The van der Waals surface area contributed by atoms with Gasteiger partial charge in [0.15, 0.2) is 17.7 Å². The molecule has 71 heavy (non-hydrogen) atoms. The summed E-state index contributed by atoms with van der Waals surface area (Å²) in [4.78, 5) is 27.0. The molecule has 1 aromatic rings. The van der Waals surface area contributed by atoms with Crippen LogP contribution in [0.2, 0.25) is 0 Å². The van der Waals surface area contributed by atoms with Crippen molar-refractivity contribution in [2.45, 2.75) is 217 Å². The molecule has 0 unspecified atom stereocenters. The fourth-order valence-electron chi connectivity index (χ4n) is 11.4. The summed E-state index contributed by atoms with van der Waals surface area (Å²) in [6, 6.07) is 5.71. The Kier molecular flexibility index (Phi) is 22.9. The van der Waals surface area contributed by atoms with Gasteiger partial charge in [0.2, 0.25) is 0 Å². The number of benzene rings is 1. The molecule has 3 aliphatic heterocycles. The van der Waals surface area contributed by atoms with Crippen molar-refractivity contribution < 1.29 is 68.6 Å². The van der Waals surface area contributed by atoms with Gasteiger partial charge in [0.05, 0.1) is 41.5 Å². The Hall–Kier alpha value is -2.63. The molecule has 0 aromatic heterocycles. The topological polar surface area (TPSA) is 241 Å². The molecule has 0 spiro atoms. The number of hydrogen-bond acceptors (Lipinski definition) is 16. The minimum Gasteiger partial charge on any atom is -0.483 e. The van der Waals surface area contributed by atoms with Crippen LogP contribution in [-0.4, -0.2) is 189 Å². The second-order valence-corrected chi connectivity index (χ2v) is 22.2. The Bertz CT molecular complexity index is 1850. The van der Waals surface area contributed by atoms with E-state index in [-0.39, 0.29) is 43.8 Å². The minimum absolute atomic E-state index is 0.116. The van der Waals surface area contributed by atoms with Gasteiger partial charge in [-0.25, -0.2) is 0 Å². The highest BCUT2D eigenvalue weighted by atomic mass is 32.1. The van der Waals surface area contributed by atoms with Crippen molar-refractivity contribution in [3.05, 3.63) is 34.9 Å². The van der Waals surface area contributed by atoms with Gasteiger partial charge in [0.25, 0.3) is 6.47 Å². The van der Waals surface area contributed by atoms with Gasteiger partial charge in [-0.3, -0.25) is 14.5 Å². The van der Waals surface area contributed by atoms with Gasteiger partial charge in [0.1, 0.15) is 30.0 Å². The smallest absolute Gasteiger partial charge is 0.311 e. The van der Waals surface area contributed by atoms with E-state index in [1.165, 1.54) is 37.1 Å². The predicted molar refractivity (Wildman–Crippen MR) is 272 cm³/mol. The van der Waals surface area contributed by atoms with Crippen molar-refractivity contribution in [3.63, 3.8) is 0 Å². The van der Waals surface area contributed by atoms with E-state index in [9.17, 15) is 30.3 Å². The number of likely N-dealkylation sites (N-methyl/N-ethyl adjacent to an activating group) is 1. The number of aliphatic hydroxyl groups is 5. The molecule has 19 heteroatoms. The van der Waals surface area contributed by atoms with Crippen LogP contribution < -0.4 is 10.6 Å². The lowest BCUT2D eigenvalue weighted by Gasteiger charge is -2.48. The van der Waals surface area contributed by atoms with E-state index >= 15 is 0 Å². The third-order valence-corrected chi connectivity index (χ3v) is 15.8. The van der Waals surface area contributed by atoms with Crippen LogP contribution in [-0.2, 0) is 57.4 Å². The molecule has 3 fully saturated rings. The third-order valence-electron chi connectivity index (χ3n) is 15.6. The van der Waals surface area contributed by atoms with Crippen molar-refractivity contribution in [2.75, 3.05) is 40.8 Å². The number of carboxylic acid groups (broad SMARTS) is 1. The molecule has 3 saturated heterocycles. The van der Waals surface area contributed by atoms with E-state index in [0.29, 0.717) is 44.1 Å². The Morgan fingerprint density at radius 2 is 1.63 bits per heavy atom. The van der Waals surface area contributed by atoms with Crippen molar-refractivity contribution >= 4 is 29.8 Å². The number of nitrogens with zero attached hydrogens (tertiary/aromatic N) is 2. The van der Waals surface area contributed by atoms with E-state index < -0.39 is 96.0 Å². The maximum absolute atomic E-state index is 14.6. The summed E-state index contributed by atoms with van der Waals surface area (Å²) < 4.78 is 38.2. The Morgan fingerprint density at radius 1 is 0.972 bits per heavy atom. The zero-order chi connectivity index (χ0) is 53.2. The maximum atomic E-state index is 14.6. The average molecular weight is 1030 g/mol. The predicted octanol–water partition coefficient (Wildman–Crippen LogP) is 3.51. The molecule has 3 heterocycles. The molecule has 0 amide bonds. The first-order valence-corrected chi connectivity index (χ1v) is 26.1. The molecule has 8 N–H and O–H groups in total. The summed E-state index contributed by atoms with van der Waals surface area (Å²) in [7, 11) is 5.30. The first-order chi connectivity index (χ1) is 33.2. The zero-order valence-corrected chi connectivity index (χ0v) is 45.5. The Balaban J connectivity index is 0.00000356. The number of aliphatic hydroxyl groups excluding tert-OH is 3. The van der Waals surface area contributed by atoms with Crippen molar-refractivity contribution in [1.82, 2.24) is 20.4 Å². The molecule has 0 saturated carbocycles. The molecule has 0 bridgehead atoms. The normalized spacial score (nSPS) is 39.8. The fraction of sp³-hybridized carbons (Fsp3) is 0.827. The second-order valence-electron chi connectivity index (χ2n) is 21.7. The summed E-state index contributed by atoms with van der Waals surface area (Å²) in [6.45, 7) is 19.6. The lowest BCUT2D eigenvalue weighted by Crippen LogP contribution is -2.60. The van der Waals surface area contributed by atoms with E-state index in [0.717, 1.165) is 12.8 Å². The molecular formula is C52H90N4O14S. The van der Waals surface area contributed by atoms with E-state index in [1.807, 2.05) is 46.7 Å². The van der Waals surface area contributed by atoms with Gasteiger partial charge < -0.3 is 74.6 Å². The van der Waals surface area contributed by atoms with Crippen LogP contribution in [0.3, 0.4) is 0 Å². The van der Waals surface area contributed by atoms with Crippen LogP contribution in [0.4, 0.5) is 0 Å². The standard InChI is InChI=1S/C51H88N4O12S.CH2O2/c1-14-39-51(10,61)43(57)33(6)55(22-16-21-52-48(68)53-27-35-19-20-36-17-15-18-37(36)24-35)28-29(2)25-49(8,60)45(67-47-41(56)38(54(11)12)23-30(3)63-47)31(4)42(32(5)46(59)65-39)66-40-26-50(9,62-13)44(58)34(7)64-40;2-1-3/h19-20,24,29-34,38-45,47,56-58,60-61H,14-18,21-23,25-28H2,1-13H3,(H2,52,53,68);1H,(H,2,3)/t29-,30-,31+,32-,33-,34+,38+,39-,40+,41-,42+,43-,44+,45-,47+,49-,50-,51-;/m1./s1. The van der Waals surface area contributed by atoms with Gasteiger partial charge in [-0.1, -0.05) is 39.0 Å². The second kappa shape index (κ2) is 26.7. The summed E-state index contributed by atoms with van der Waals surface area (Å²) in [5, 5.41) is 74.2. The highest BCUT2D eigenvalue weighted by Gasteiger charge is 2.53. The quantitative estimate of drug-likeness (QED) is 0.0610. The first kappa shape index (κ1) is 60.9. The number of methoxy groups -OCH3 is 1. The summed E-state index contributed by atoms with van der Waals surface area (Å²) in [6.07, 6.45) is -4.60. The number of esters is 1. The molecular weight excluding hydrogens is 937 g/mol. The largest absolute Gasteiger partial charge is 0.483 e. The van der Waals surface area contributed by atoms with Gasteiger partial charge in [0, 0.05) is 57.7 Å². The van der Waals surface area contributed by atoms with Crippen LogP contribution >= 0.6 is 12.2 Å². The number of carbonyl (C=O) groups excluding carboxylic acids is 1. The number of rotatable bonds is 13. The number of thiocarbonyl (C=S) groups is 1. The van der Waals surface area contributed by atoms with Crippen molar-refractivity contribution in [1.29, 1.82) is 0 Å². The van der Waals surface area contributed by atoms with Gasteiger partial charge in [-0.2, -0.15) is 0 Å². The van der Waals surface area contributed by atoms with Crippen LogP contribution in [0.1, 0.15) is 124 Å². The molecule has 18 atom stereocenters. The lowest BCUT2D eigenvalue weighted by molar-refractivity contribution is -0.318. The van der Waals surface area contributed by atoms with Gasteiger partial charge in [-0.15, -0.1) is 0 Å². The molecule has 408 valence electrons. The van der Waals surface area contributed by atoms with E-state index in [1.54, 1.807) is 34.6 Å². The van der Waals surface area contributed by atoms with E-state index in [4.69, 9.17) is 50.5 Å². The molecule has 0 radical (unpaired) electrons. The van der Waals surface area contributed by atoms with Crippen LogP contribution in [0.25, 0.3) is 0 Å². The number of carbonyl (C=O) groups is 2. The van der Waals surface area contributed by atoms with Crippen LogP contribution in [0.5, 0.6) is 0 Å². The van der Waals surface area contributed by atoms with E-state index in [2.05, 4.69) is 33.7 Å². The Labute approximate surface area is 428 Å². The minimum atomic E-state index is -1.88. The SMILES string of the molecule is CC[C@H]1OC(=O)[C@H](C)[C@@H](O[C@H]2C[C@@](C)(OC)[C@@H](O)[C@H](C)O2)[C@H](C)[C@@H](O[C@@H]2O[C@H](C)C[C@H](N(C)C)[C@H]2O)[C@](C)(O)C[C@@H](C)CN(CCCNC(=S)NCc2ccc3c(c2)CCC3)[C@H](C)[C@@H](O)[C@]1(C)O.O=CO. The monoisotopic (exact) mass is 1030 g/mol. The maximum Gasteiger partial charge on any atom is 0.311 e. The fourth-order valence-corrected chi connectivity index (χ4v) is 11.5. The number of nitrogens with one attached hydrogen (secondary N) is 2. The summed E-state index contributed by atoms with van der Waals surface area (Å²) in [5.41, 5.74) is -0.516. The number of hydrogen-bond donors (Lipinski definition) is 8. The summed E-state index contributed by atoms with van der Waals surface area (Å²) >= 11 is 5.66. The van der Waals surface area contributed by atoms with Crippen molar-refractivity contribution in [3.8, 4) is 0 Å². The Morgan fingerprint density at radius 3 is 2.27 bits per heavy atom. The molecule has 18 nitrogen and oxygen atoms in total. The average Bonchev–Trinajstić information content (AvgIpc) is 3.78. The van der Waals surface area contributed by atoms with Gasteiger partial charge >= 0.3 is 5.97 Å². The third kappa shape index (κ3) is 15.7. The zero-order valence-electron chi connectivity index (χ0n) is 44.7. The summed E-state index contributed by atoms with van der Waals surface area (Å²) in [5.74, 6) is -2.75. The highest BCUT2D eigenvalue weighted by Crippen LogP contribution is 2.40. The molecule has 1 aliphatic carbocycles. The first-order valence-electron chi connectivity index (χ1n) is 25.7. The van der Waals surface area contributed by atoms with Crippen LogP contribution in [0.15, 0.2) is 18.2 Å². The lowest BCUT2D eigenvalue weighted by atomic mass is 9.77. The number of ether oxygens (including phenoxy) is 6. The van der Waals surface area contributed by atoms with Gasteiger partial charge in [-0.05, 0) is 142 Å². The van der Waals surface area contributed by atoms with Crippen molar-refractivity contribution in [2.24, 2.45) is 17.8 Å². The van der Waals surface area contributed by atoms with Crippen LogP contribution in [0, 0.1) is 17.8 Å². The highest BCUT2D eigenvalue weighted by molar-refractivity contribution is 7.80. The molecule has 1 aromatic carbocycles. The number of aryl methyl sites for hydroxylation is 2. The molecule has 5 rings (SSSR count). The molecule has 4 aliphatic rings.